The van der Waals surface area contributed by atoms with E-state index in [4.69, 9.17) is 9.98 Å². The number of aryl methyl sites for hydroxylation is 1. The number of piperazine rings is 1. The monoisotopic (exact) mass is 501 g/mol. The third-order valence-corrected chi connectivity index (χ3v) is 8.40. The van der Waals surface area contributed by atoms with Crippen LogP contribution in [0.2, 0.25) is 0 Å². The number of nitrogens with zero attached hydrogens (tertiary/aromatic N) is 6. The second-order valence-corrected chi connectivity index (χ2v) is 11.1. The van der Waals surface area contributed by atoms with Gasteiger partial charge in [-0.2, -0.15) is 0 Å². The second kappa shape index (κ2) is 11.7. The van der Waals surface area contributed by atoms with Crippen LogP contribution in [0.4, 0.5) is 17.2 Å². The molecule has 0 bridgehead atoms. The van der Waals surface area contributed by atoms with E-state index < -0.39 is 0 Å². The average molecular weight is 502 g/mol. The molecule has 1 aromatic carbocycles. The normalized spacial score (nSPS) is 21.8. The predicted octanol–water partition coefficient (Wildman–Crippen LogP) is 5.19. The van der Waals surface area contributed by atoms with Crippen LogP contribution in [0, 0.1) is 6.92 Å². The standard InChI is InChI=1S/C30H43N7/c1-22(33-26-10-6-5-7-11-26)23(2)34-29-24(3)31-21-32-30(29)37-20-25(27-12-8-9-13-28(27)37)14-15-36-18-16-35(4)17-19-36/h8-9,12-13,21,25-26,33H,1,5-7,10-11,14-20H2,2-4H3/b34-23+. The lowest BCUT2D eigenvalue weighted by atomic mass is 9.95. The van der Waals surface area contributed by atoms with Gasteiger partial charge in [-0.1, -0.05) is 44.0 Å². The van der Waals surface area contributed by atoms with Crippen molar-refractivity contribution in [1.29, 1.82) is 0 Å². The number of hydrogen-bond acceptors (Lipinski definition) is 7. The van der Waals surface area contributed by atoms with Gasteiger partial charge >= 0.3 is 0 Å². The summed E-state index contributed by atoms with van der Waals surface area (Å²) < 4.78 is 0. The molecule has 1 atom stereocenters. The van der Waals surface area contributed by atoms with Crippen molar-refractivity contribution < 1.29 is 0 Å². The van der Waals surface area contributed by atoms with Gasteiger partial charge in [-0.15, -0.1) is 0 Å². The summed E-state index contributed by atoms with van der Waals surface area (Å²) in [6.07, 6.45) is 9.18. The first kappa shape index (κ1) is 25.9. The summed E-state index contributed by atoms with van der Waals surface area (Å²) in [6, 6.07) is 9.33. The Balaban J connectivity index is 1.35. The lowest BCUT2D eigenvalue weighted by molar-refractivity contribution is 0.151. The summed E-state index contributed by atoms with van der Waals surface area (Å²) >= 11 is 0. The van der Waals surface area contributed by atoms with Gasteiger partial charge in [0, 0.05) is 56.1 Å². The molecule has 5 rings (SSSR count). The van der Waals surface area contributed by atoms with Crippen LogP contribution in [-0.2, 0) is 0 Å². The van der Waals surface area contributed by atoms with Crippen LogP contribution in [0.15, 0.2) is 47.9 Å². The first-order valence-corrected chi connectivity index (χ1v) is 14.1. The molecular formula is C30H43N7. The average Bonchev–Trinajstić information content (AvgIpc) is 3.28. The zero-order chi connectivity index (χ0) is 25.8. The van der Waals surface area contributed by atoms with Crippen molar-refractivity contribution in [1.82, 2.24) is 25.1 Å². The van der Waals surface area contributed by atoms with Gasteiger partial charge in [-0.25, -0.2) is 15.0 Å². The van der Waals surface area contributed by atoms with Gasteiger partial charge < -0.3 is 20.0 Å². The van der Waals surface area contributed by atoms with E-state index in [1.807, 2.05) is 13.8 Å². The second-order valence-electron chi connectivity index (χ2n) is 11.1. The number of aliphatic imine (C=N–C) groups is 1. The molecule has 0 radical (unpaired) electrons. The minimum absolute atomic E-state index is 0.479. The number of hydrogen-bond donors (Lipinski definition) is 1. The van der Waals surface area contributed by atoms with E-state index in [1.54, 1.807) is 6.33 Å². The highest BCUT2D eigenvalue weighted by Crippen LogP contribution is 2.44. The maximum Gasteiger partial charge on any atom is 0.162 e. The van der Waals surface area contributed by atoms with E-state index in [0.717, 1.165) is 74.3 Å². The molecule has 2 fully saturated rings. The number of allylic oxidation sites excluding steroid dienone is 1. The van der Waals surface area contributed by atoms with Crippen molar-refractivity contribution in [3.8, 4) is 0 Å². The summed E-state index contributed by atoms with van der Waals surface area (Å²) in [4.78, 5) is 21.8. The number of rotatable bonds is 8. The number of anilines is 2. The van der Waals surface area contributed by atoms with Gasteiger partial charge in [0.1, 0.15) is 12.0 Å². The molecule has 0 spiro atoms. The molecule has 7 nitrogen and oxygen atoms in total. The maximum absolute atomic E-state index is 5.07. The van der Waals surface area contributed by atoms with E-state index in [-0.39, 0.29) is 0 Å². The Bertz CT molecular complexity index is 1110. The SMILES string of the molecule is C=C(NC1CCCCC1)/C(C)=N/c1c(C)ncnc1N1CC(CCN2CCN(C)CC2)c2ccccc21. The number of para-hydroxylation sites is 1. The van der Waals surface area contributed by atoms with Gasteiger partial charge in [0.15, 0.2) is 5.82 Å². The molecule has 3 aliphatic rings. The Morgan fingerprint density at radius 1 is 1.08 bits per heavy atom. The van der Waals surface area contributed by atoms with Crippen molar-refractivity contribution in [3.05, 3.63) is 54.1 Å². The Labute approximate surface area is 222 Å². The van der Waals surface area contributed by atoms with E-state index in [1.165, 1.54) is 43.4 Å². The van der Waals surface area contributed by atoms with Crippen LogP contribution >= 0.6 is 0 Å². The summed E-state index contributed by atoms with van der Waals surface area (Å²) in [5, 5.41) is 3.63. The van der Waals surface area contributed by atoms with Crippen LogP contribution in [0.1, 0.15) is 62.6 Å². The first-order chi connectivity index (χ1) is 18.0. The Morgan fingerprint density at radius 2 is 1.84 bits per heavy atom. The zero-order valence-electron chi connectivity index (χ0n) is 22.9. The number of aromatic nitrogens is 2. The van der Waals surface area contributed by atoms with Crippen LogP contribution in [-0.4, -0.2) is 77.8 Å². The largest absolute Gasteiger partial charge is 0.381 e. The van der Waals surface area contributed by atoms with Crippen molar-refractivity contribution in [2.45, 2.75) is 64.3 Å². The van der Waals surface area contributed by atoms with Gasteiger partial charge in [0.2, 0.25) is 0 Å². The fraction of sp³-hybridized carbons (Fsp3) is 0.567. The molecule has 1 aromatic heterocycles. The highest BCUT2D eigenvalue weighted by atomic mass is 15.3. The van der Waals surface area contributed by atoms with Gasteiger partial charge in [-0.05, 0) is 58.3 Å². The molecule has 1 saturated carbocycles. The van der Waals surface area contributed by atoms with E-state index in [0.29, 0.717) is 12.0 Å². The van der Waals surface area contributed by atoms with Gasteiger partial charge in [-0.3, -0.25) is 0 Å². The number of fused-ring (bicyclic) bond motifs is 1. The highest BCUT2D eigenvalue weighted by molar-refractivity contribution is 6.00. The quantitative estimate of drug-likeness (QED) is 0.503. The molecule has 37 heavy (non-hydrogen) atoms. The molecule has 7 heteroatoms. The lowest BCUT2D eigenvalue weighted by Gasteiger charge is -2.33. The molecule has 1 aliphatic carbocycles. The smallest absolute Gasteiger partial charge is 0.162 e. The van der Waals surface area contributed by atoms with E-state index in [2.05, 4.69) is 62.9 Å². The maximum atomic E-state index is 5.07. The van der Waals surface area contributed by atoms with Crippen molar-refractivity contribution in [3.63, 3.8) is 0 Å². The van der Waals surface area contributed by atoms with Crippen molar-refractivity contribution >= 4 is 22.9 Å². The van der Waals surface area contributed by atoms with Crippen LogP contribution in [0.5, 0.6) is 0 Å². The minimum Gasteiger partial charge on any atom is -0.381 e. The molecule has 3 heterocycles. The van der Waals surface area contributed by atoms with Gasteiger partial charge in [0.05, 0.1) is 11.4 Å². The summed E-state index contributed by atoms with van der Waals surface area (Å²) in [6.45, 7) is 15.1. The molecule has 2 aliphatic heterocycles. The topological polar surface area (TPSA) is 59.9 Å². The van der Waals surface area contributed by atoms with Crippen LogP contribution < -0.4 is 10.2 Å². The third kappa shape index (κ3) is 6.04. The minimum atomic E-state index is 0.479. The molecule has 0 amide bonds. The highest BCUT2D eigenvalue weighted by Gasteiger charge is 2.32. The fourth-order valence-corrected chi connectivity index (χ4v) is 5.97. The van der Waals surface area contributed by atoms with Gasteiger partial charge in [0.25, 0.3) is 0 Å². The number of nitrogens with one attached hydrogen (secondary N) is 1. The van der Waals surface area contributed by atoms with Crippen molar-refractivity contribution in [2.75, 3.05) is 51.2 Å². The predicted molar refractivity (Wildman–Crippen MR) is 153 cm³/mol. The zero-order valence-corrected chi connectivity index (χ0v) is 22.9. The van der Waals surface area contributed by atoms with Crippen LogP contribution in [0.25, 0.3) is 0 Å². The molecule has 2 aromatic rings. The summed E-state index contributed by atoms with van der Waals surface area (Å²) in [7, 11) is 2.22. The Morgan fingerprint density at radius 3 is 2.62 bits per heavy atom. The fourth-order valence-electron chi connectivity index (χ4n) is 5.97. The number of likely N-dealkylation sites (N-methyl/N-ethyl adjacent to an activating group) is 1. The molecular weight excluding hydrogens is 458 g/mol. The number of benzene rings is 1. The summed E-state index contributed by atoms with van der Waals surface area (Å²) in [5.74, 6) is 1.37. The molecule has 1 unspecified atom stereocenters. The first-order valence-electron chi connectivity index (χ1n) is 14.1. The Kier molecular flexibility index (Phi) is 8.20. The lowest BCUT2D eigenvalue weighted by Crippen LogP contribution is -2.44. The van der Waals surface area contributed by atoms with E-state index >= 15 is 0 Å². The molecule has 198 valence electrons. The van der Waals surface area contributed by atoms with Crippen LogP contribution in [0.3, 0.4) is 0 Å². The third-order valence-electron chi connectivity index (χ3n) is 8.40. The van der Waals surface area contributed by atoms with E-state index in [9.17, 15) is 0 Å². The Hall–Kier alpha value is -2.77. The summed E-state index contributed by atoms with van der Waals surface area (Å²) in [5.41, 5.74) is 6.23. The molecule has 1 N–H and O–H groups in total. The molecule has 1 saturated heterocycles. The van der Waals surface area contributed by atoms with Crippen molar-refractivity contribution in [2.24, 2.45) is 4.99 Å².